The first-order valence-electron chi connectivity index (χ1n) is 10.9. The molecule has 0 radical (unpaired) electrons. The number of aliphatic hydroxyl groups excluding tert-OH is 1. The van der Waals surface area contributed by atoms with Crippen LogP contribution in [0, 0.1) is 0 Å². The van der Waals surface area contributed by atoms with E-state index in [1.165, 1.54) is 4.90 Å². The molecule has 174 valence electrons. The van der Waals surface area contributed by atoms with Gasteiger partial charge in [0.15, 0.2) is 14.5 Å². The number of benzene rings is 1. The molecule has 0 aliphatic carbocycles. The van der Waals surface area contributed by atoms with Crippen LogP contribution in [-0.4, -0.2) is 55.6 Å². The van der Waals surface area contributed by atoms with Crippen LogP contribution in [0.2, 0.25) is 18.1 Å². The highest BCUT2D eigenvalue weighted by Crippen LogP contribution is 2.36. The zero-order valence-electron chi connectivity index (χ0n) is 20.2. The van der Waals surface area contributed by atoms with Crippen molar-refractivity contribution < 1.29 is 23.8 Å². The highest BCUT2D eigenvalue weighted by Gasteiger charge is 2.44. The third-order valence-electron chi connectivity index (χ3n) is 5.80. The molecular formula is C24H39NO5Si. The first-order valence-corrected chi connectivity index (χ1v) is 13.8. The van der Waals surface area contributed by atoms with Crippen molar-refractivity contribution in [2.45, 2.75) is 83.6 Å². The Morgan fingerprint density at radius 1 is 1.23 bits per heavy atom. The lowest BCUT2D eigenvalue weighted by molar-refractivity contribution is -0.0549. The predicted octanol–water partition coefficient (Wildman–Crippen LogP) is 5.26. The van der Waals surface area contributed by atoms with Crippen molar-refractivity contribution in [1.29, 1.82) is 0 Å². The van der Waals surface area contributed by atoms with Gasteiger partial charge in [0.05, 0.1) is 19.3 Å². The highest BCUT2D eigenvalue weighted by molar-refractivity contribution is 6.74. The zero-order valence-corrected chi connectivity index (χ0v) is 21.2. The maximum Gasteiger partial charge on any atom is 0.413 e. The average Bonchev–Trinajstić information content (AvgIpc) is 3.09. The second-order valence-corrected chi connectivity index (χ2v) is 15.3. The number of carbonyl (C=O) groups is 1. The fourth-order valence-corrected chi connectivity index (χ4v) is 3.98. The number of nitrogens with zero attached hydrogens (tertiary/aromatic N) is 1. The summed E-state index contributed by atoms with van der Waals surface area (Å²) in [6.45, 7) is 17.1. The van der Waals surface area contributed by atoms with E-state index in [0.717, 1.165) is 5.56 Å². The number of aliphatic hydroxyl groups is 1. The minimum absolute atomic E-state index is 0.116. The molecule has 3 atom stereocenters. The fraction of sp³-hybridized carbons (Fsp3) is 0.625. The third kappa shape index (κ3) is 6.90. The molecule has 1 N–H and O–H groups in total. The summed E-state index contributed by atoms with van der Waals surface area (Å²) in [5.74, 6) is 0. The lowest BCUT2D eigenvalue weighted by Crippen LogP contribution is -2.46. The summed E-state index contributed by atoms with van der Waals surface area (Å²) < 4.78 is 17.6. The third-order valence-corrected chi connectivity index (χ3v) is 10.3. The average molecular weight is 450 g/mol. The second kappa shape index (κ2) is 9.86. The van der Waals surface area contributed by atoms with Crippen molar-refractivity contribution in [1.82, 2.24) is 4.90 Å². The van der Waals surface area contributed by atoms with Gasteiger partial charge in [-0.1, -0.05) is 63.3 Å². The molecule has 31 heavy (non-hydrogen) atoms. The minimum Gasteiger partial charge on any atom is -0.444 e. The van der Waals surface area contributed by atoms with Crippen LogP contribution in [-0.2, 0) is 13.9 Å². The molecule has 1 aliphatic heterocycles. The van der Waals surface area contributed by atoms with E-state index in [0.29, 0.717) is 13.2 Å². The van der Waals surface area contributed by atoms with Gasteiger partial charge in [-0.05, 0) is 44.5 Å². The Morgan fingerprint density at radius 2 is 1.84 bits per heavy atom. The van der Waals surface area contributed by atoms with Crippen LogP contribution in [0.4, 0.5) is 4.79 Å². The fourth-order valence-electron chi connectivity index (χ4n) is 3.03. The van der Waals surface area contributed by atoms with Gasteiger partial charge in [0, 0.05) is 0 Å². The molecule has 1 aromatic rings. The first kappa shape index (κ1) is 25.6. The molecule has 1 aliphatic rings. The van der Waals surface area contributed by atoms with Gasteiger partial charge in [-0.3, -0.25) is 4.90 Å². The highest BCUT2D eigenvalue weighted by atomic mass is 28.4. The van der Waals surface area contributed by atoms with Gasteiger partial charge in [0.25, 0.3) is 0 Å². The molecule has 7 heteroatoms. The number of hydrogen-bond acceptors (Lipinski definition) is 5. The minimum atomic E-state index is -1.87. The van der Waals surface area contributed by atoms with E-state index in [1.54, 1.807) is 12.2 Å². The first-order chi connectivity index (χ1) is 14.2. The van der Waals surface area contributed by atoms with Crippen LogP contribution in [0.15, 0.2) is 42.5 Å². The Hall–Kier alpha value is -1.67. The van der Waals surface area contributed by atoms with Gasteiger partial charge in [-0.15, -0.1) is 0 Å². The lowest BCUT2D eigenvalue weighted by atomic mass is 10.1. The molecule has 6 nitrogen and oxygen atoms in total. The molecule has 0 aromatic heterocycles. The van der Waals surface area contributed by atoms with Gasteiger partial charge in [0.1, 0.15) is 11.7 Å². The monoisotopic (exact) mass is 449 g/mol. The molecule has 1 amide bonds. The number of hydrogen-bond donors (Lipinski definition) is 1. The summed E-state index contributed by atoms with van der Waals surface area (Å²) in [4.78, 5) is 14.5. The zero-order chi connectivity index (χ0) is 23.4. The van der Waals surface area contributed by atoms with Crippen LogP contribution in [0.25, 0.3) is 0 Å². The van der Waals surface area contributed by atoms with Crippen LogP contribution >= 0.6 is 0 Å². The molecule has 0 spiro atoms. The SMILES string of the molecule is CC(C)(C)OC(=O)N1[C@@H](C(O)/C=C/CO[Si](C)(C)C(C)(C)C)OC[C@H]1c1ccccc1. The predicted molar refractivity (Wildman–Crippen MR) is 125 cm³/mol. The molecule has 0 saturated carbocycles. The molecule has 1 heterocycles. The maximum absolute atomic E-state index is 13.0. The molecule has 0 bridgehead atoms. The number of ether oxygens (including phenoxy) is 2. The van der Waals surface area contributed by atoms with E-state index in [2.05, 4.69) is 33.9 Å². The van der Waals surface area contributed by atoms with Crippen molar-refractivity contribution >= 4 is 14.4 Å². The maximum atomic E-state index is 13.0. The standard InChI is InChI=1S/C24H39NO5Si/c1-23(2,3)30-22(27)25-19(18-13-10-9-11-14-18)17-28-21(25)20(26)15-12-16-29-31(7,8)24(4,5)6/h9-15,19-21,26H,16-17H2,1-8H3/b15-12+/t19-,20?,21+/m0/s1. The van der Waals surface area contributed by atoms with E-state index >= 15 is 0 Å². The van der Waals surface area contributed by atoms with Crippen molar-refractivity contribution in [2.24, 2.45) is 0 Å². The molecule has 2 rings (SSSR count). The van der Waals surface area contributed by atoms with E-state index in [4.69, 9.17) is 13.9 Å². The normalized spacial score (nSPS) is 21.5. The summed E-state index contributed by atoms with van der Waals surface area (Å²) in [5, 5.41) is 10.9. The van der Waals surface area contributed by atoms with Crippen molar-refractivity contribution in [2.75, 3.05) is 13.2 Å². The Bertz CT molecular complexity index is 751. The Kier molecular flexibility index (Phi) is 8.14. The smallest absolute Gasteiger partial charge is 0.413 e. The van der Waals surface area contributed by atoms with Gasteiger partial charge >= 0.3 is 6.09 Å². The molecular weight excluding hydrogens is 410 g/mol. The van der Waals surface area contributed by atoms with Gasteiger partial charge in [-0.2, -0.15) is 0 Å². The number of rotatable bonds is 6. The second-order valence-electron chi connectivity index (χ2n) is 10.5. The van der Waals surface area contributed by atoms with Crippen LogP contribution < -0.4 is 0 Å². The van der Waals surface area contributed by atoms with Gasteiger partial charge in [-0.25, -0.2) is 4.79 Å². The van der Waals surface area contributed by atoms with E-state index < -0.39 is 32.3 Å². The lowest BCUT2D eigenvalue weighted by Gasteiger charge is -2.35. The summed E-state index contributed by atoms with van der Waals surface area (Å²) in [7, 11) is -1.87. The van der Waals surface area contributed by atoms with E-state index in [-0.39, 0.29) is 11.1 Å². The molecule has 1 saturated heterocycles. The van der Waals surface area contributed by atoms with E-state index in [9.17, 15) is 9.90 Å². The Labute approximate surface area is 188 Å². The molecule has 1 unspecified atom stereocenters. The number of carbonyl (C=O) groups excluding carboxylic acids is 1. The quantitative estimate of drug-likeness (QED) is 0.474. The summed E-state index contributed by atoms with van der Waals surface area (Å²) >= 11 is 0. The Morgan fingerprint density at radius 3 is 2.39 bits per heavy atom. The topological polar surface area (TPSA) is 68.2 Å². The largest absolute Gasteiger partial charge is 0.444 e. The van der Waals surface area contributed by atoms with Gasteiger partial charge < -0.3 is 19.0 Å². The molecule has 1 fully saturated rings. The van der Waals surface area contributed by atoms with Crippen LogP contribution in [0.3, 0.4) is 0 Å². The van der Waals surface area contributed by atoms with Crippen molar-refractivity contribution in [3.8, 4) is 0 Å². The Balaban J connectivity index is 2.14. The molecule has 1 aromatic carbocycles. The summed E-state index contributed by atoms with van der Waals surface area (Å²) in [6, 6.07) is 9.34. The van der Waals surface area contributed by atoms with Gasteiger partial charge in [0.2, 0.25) is 0 Å². The summed E-state index contributed by atoms with van der Waals surface area (Å²) in [5.41, 5.74) is 0.289. The van der Waals surface area contributed by atoms with Crippen LogP contribution in [0.1, 0.15) is 53.1 Å². The number of amides is 1. The van der Waals surface area contributed by atoms with Crippen molar-refractivity contribution in [3.63, 3.8) is 0 Å². The summed E-state index contributed by atoms with van der Waals surface area (Å²) in [6.07, 6.45) is 1.11. The van der Waals surface area contributed by atoms with Crippen molar-refractivity contribution in [3.05, 3.63) is 48.0 Å². The van der Waals surface area contributed by atoms with E-state index in [1.807, 2.05) is 51.1 Å². The van der Waals surface area contributed by atoms with Crippen LogP contribution in [0.5, 0.6) is 0 Å².